The Morgan fingerprint density at radius 3 is 2.67 bits per heavy atom. The fraction of sp³-hybridized carbons (Fsp3) is 0.200. The number of carbonyl (C=O) groups is 1. The quantitative estimate of drug-likeness (QED) is 0.853. The number of rotatable bonds is 5. The molecule has 1 aromatic carbocycles. The molecule has 0 saturated carbocycles. The molecule has 2 rings (SSSR count). The van der Waals surface area contributed by atoms with Crippen molar-refractivity contribution in [3.05, 3.63) is 52.3 Å². The summed E-state index contributed by atoms with van der Waals surface area (Å²) in [5.74, 6) is -0.298. The molecule has 0 bridgehead atoms. The van der Waals surface area contributed by atoms with E-state index < -0.39 is 0 Å². The SMILES string of the molecule is CCCNc1ccnc(C(=O)Nc2ccc(Cl)c(Cl)c2)c1. The maximum absolute atomic E-state index is 12.2. The van der Waals surface area contributed by atoms with Crippen molar-refractivity contribution in [2.24, 2.45) is 0 Å². The van der Waals surface area contributed by atoms with E-state index in [1.165, 1.54) is 0 Å². The van der Waals surface area contributed by atoms with Crippen LogP contribution in [0.2, 0.25) is 10.0 Å². The average Bonchev–Trinajstić information content (AvgIpc) is 2.49. The lowest BCUT2D eigenvalue weighted by Crippen LogP contribution is -2.14. The van der Waals surface area contributed by atoms with Crippen molar-refractivity contribution in [2.75, 3.05) is 17.2 Å². The van der Waals surface area contributed by atoms with Crippen molar-refractivity contribution in [2.45, 2.75) is 13.3 Å². The number of hydrogen-bond donors (Lipinski definition) is 2. The molecular formula is C15H15Cl2N3O. The van der Waals surface area contributed by atoms with Crippen molar-refractivity contribution in [1.82, 2.24) is 4.98 Å². The number of anilines is 2. The van der Waals surface area contributed by atoms with Gasteiger partial charge in [-0.15, -0.1) is 0 Å². The zero-order valence-corrected chi connectivity index (χ0v) is 13.0. The Morgan fingerprint density at radius 2 is 1.95 bits per heavy atom. The van der Waals surface area contributed by atoms with Gasteiger partial charge in [0.25, 0.3) is 5.91 Å². The van der Waals surface area contributed by atoms with Crippen molar-refractivity contribution in [3.63, 3.8) is 0 Å². The highest BCUT2D eigenvalue weighted by Crippen LogP contribution is 2.25. The first kappa shape index (κ1) is 15.6. The van der Waals surface area contributed by atoms with Crippen LogP contribution in [0.1, 0.15) is 23.8 Å². The molecule has 0 aliphatic heterocycles. The first-order valence-corrected chi connectivity index (χ1v) is 7.32. The van der Waals surface area contributed by atoms with E-state index in [4.69, 9.17) is 23.2 Å². The fourth-order valence-electron chi connectivity index (χ4n) is 1.70. The Hall–Kier alpha value is -1.78. The van der Waals surface area contributed by atoms with Gasteiger partial charge in [0, 0.05) is 24.1 Å². The normalized spacial score (nSPS) is 10.2. The third-order valence-electron chi connectivity index (χ3n) is 2.75. The molecule has 2 N–H and O–H groups in total. The Morgan fingerprint density at radius 1 is 1.14 bits per heavy atom. The molecule has 0 spiro atoms. The topological polar surface area (TPSA) is 54.0 Å². The number of carbonyl (C=O) groups excluding carboxylic acids is 1. The number of nitrogens with one attached hydrogen (secondary N) is 2. The van der Waals surface area contributed by atoms with Crippen molar-refractivity contribution in [3.8, 4) is 0 Å². The second-order valence-electron chi connectivity index (χ2n) is 4.44. The van der Waals surface area contributed by atoms with Crippen molar-refractivity contribution in [1.29, 1.82) is 0 Å². The maximum atomic E-state index is 12.2. The fourth-order valence-corrected chi connectivity index (χ4v) is 2.00. The average molecular weight is 324 g/mol. The third kappa shape index (κ3) is 4.34. The largest absolute Gasteiger partial charge is 0.385 e. The van der Waals surface area contributed by atoms with Crippen LogP contribution < -0.4 is 10.6 Å². The molecule has 2 aromatic rings. The first-order valence-electron chi connectivity index (χ1n) is 6.56. The molecule has 0 unspecified atom stereocenters. The van der Waals surface area contributed by atoms with E-state index in [1.54, 1.807) is 30.5 Å². The summed E-state index contributed by atoms with van der Waals surface area (Å²) in [7, 11) is 0. The molecule has 0 aliphatic rings. The van der Waals surface area contributed by atoms with Gasteiger partial charge in [-0.3, -0.25) is 9.78 Å². The van der Waals surface area contributed by atoms with E-state index in [0.29, 0.717) is 21.4 Å². The zero-order chi connectivity index (χ0) is 15.2. The third-order valence-corrected chi connectivity index (χ3v) is 3.49. The lowest BCUT2D eigenvalue weighted by atomic mass is 10.2. The van der Waals surface area contributed by atoms with Crippen LogP contribution >= 0.6 is 23.2 Å². The van der Waals surface area contributed by atoms with Crippen molar-refractivity contribution >= 4 is 40.5 Å². The van der Waals surface area contributed by atoms with Gasteiger partial charge in [0.15, 0.2) is 0 Å². The van der Waals surface area contributed by atoms with Gasteiger partial charge in [-0.2, -0.15) is 0 Å². The van der Waals surface area contributed by atoms with Gasteiger partial charge >= 0.3 is 0 Å². The Labute approximate surface area is 133 Å². The summed E-state index contributed by atoms with van der Waals surface area (Å²) in [5, 5.41) is 6.78. The number of nitrogens with zero attached hydrogens (tertiary/aromatic N) is 1. The Balaban J connectivity index is 2.10. The smallest absolute Gasteiger partial charge is 0.274 e. The molecule has 1 heterocycles. The van der Waals surface area contributed by atoms with Gasteiger partial charge in [0.1, 0.15) is 5.69 Å². The van der Waals surface area contributed by atoms with Gasteiger partial charge in [-0.1, -0.05) is 30.1 Å². The summed E-state index contributed by atoms with van der Waals surface area (Å²) >= 11 is 11.8. The standard InChI is InChI=1S/C15H15Cl2N3O/c1-2-6-18-10-5-7-19-14(9-10)15(21)20-11-3-4-12(16)13(17)8-11/h3-5,7-9H,2,6H2,1H3,(H,18,19)(H,20,21). The number of halogens is 2. The second-order valence-corrected chi connectivity index (χ2v) is 5.25. The molecule has 0 aliphatic carbocycles. The van der Waals surface area contributed by atoms with Crippen LogP contribution in [0, 0.1) is 0 Å². The molecule has 0 fully saturated rings. The van der Waals surface area contributed by atoms with Crippen LogP contribution in [0.15, 0.2) is 36.5 Å². The summed E-state index contributed by atoms with van der Waals surface area (Å²) < 4.78 is 0. The van der Waals surface area contributed by atoms with Crippen LogP contribution in [0.25, 0.3) is 0 Å². The number of pyridine rings is 1. The monoisotopic (exact) mass is 323 g/mol. The maximum Gasteiger partial charge on any atom is 0.274 e. The lowest BCUT2D eigenvalue weighted by Gasteiger charge is -2.08. The van der Waals surface area contributed by atoms with E-state index in [-0.39, 0.29) is 5.91 Å². The predicted molar refractivity (Wildman–Crippen MR) is 87.4 cm³/mol. The zero-order valence-electron chi connectivity index (χ0n) is 11.5. The second kappa shape index (κ2) is 7.29. The highest BCUT2D eigenvalue weighted by atomic mass is 35.5. The van der Waals surface area contributed by atoms with E-state index in [2.05, 4.69) is 22.5 Å². The van der Waals surface area contributed by atoms with Crippen LogP contribution in [0.5, 0.6) is 0 Å². The molecular weight excluding hydrogens is 309 g/mol. The van der Waals surface area contributed by atoms with Crippen LogP contribution in [-0.2, 0) is 0 Å². The van der Waals surface area contributed by atoms with E-state index in [9.17, 15) is 4.79 Å². The summed E-state index contributed by atoms with van der Waals surface area (Å²) in [5.41, 5.74) is 1.77. The minimum absolute atomic E-state index is 0.298. The first-order chi connectivity index (χ1) is 10.1. The number of benzene rings is 1. The summed E-state index contributed by atoms with van der Waals surface area (Å²) in [6, 6.07) is 8.45. The summed E-state index contributed by atoms with van der Waals surface area (Å²) in [6.07, 6.45) is 2.61. The molecule has 110 valence electrons. The minimum Gasteiger partial charge on any atom is -0.385 e. The Kier molecular flexibility index (Phi) is 5.42. The number of hydrogen-bond acceptors (Lipinski definition) is 3. The highest BCUT2D eigenvalue weighted by Gasteiger charge is 2.09. The number of aromatic nitrogens is 1. The molecule has 6 heteroatoms. The molecule has 1 aromatic heterocycles. The van der Waals surface area contributed by atoms with Crippen LogP contribution in [-0.4, -0.2) is 17.4 Å². The Bertz CT molecular complexity index is 647. The van der Waals surface area contributed by atoms with Gasteiger partial charge in [-0.25, -0.2) is 0 Å². The van der Waals surface area contributed by atoms with E-state index >= 15 is 0 Å². The molecule has 1 amide bonds. The summed E-state index contributed by atoms with van der Waals surface area (Å²) in [6.45, 7) is 2.92. The van der Waals surface area contributed by atoms with E-state index in [0.717, 1.165) is 18.7 Å². The van der Waals surface area contributed by atoms with Crippen LogP contribution in [0.3, 0.4) is 0 Å². The lowest BCUT2D eigenvalue weighted by molar-refractivity contribution is 0.102. The van der Waals surface area contributed by atoms with Gasteiger partial charge in [0.2, 0.25) is 0 Å². The minimum atomic E-state index is -0.298. The molecule has 0 saturated heterocycles. The summed E-state index contributed by atoms with van der Waals surface area (Å²) in [4.78, 5) is 16.2. The van der Waals surface area contributed by atoms with Gasteiger partial charge < -0.3 is 10.6 Å². The molecule has 4 nitrogen and oxygen atoms in total. The molecule has 21 heavy (non-hydrogen) atoms. The predicted octanol–water partition coefficient (Wildman–Crippen LogP) is 4.46. The highest BCUT2D eigenvalue weighted by molar-refractivity contribution is 6.42. The molecule has 0 atom stereocenters. The molecule has 0 radical (unpaired) electrons. The van der Waals surface area contributed by atoms with Crippen molar-refractivity contribution < 1.29 is 4.79 Å². The van der Waals surface area contributed by atoms with Gasteiger partial charge in [0.05, 0.1) is 10.0 Å². The number of amides is 1. The van der Waals surface area contributed by atoms with Gasteiger partial charge in [-0.05, 0) is 36.8 Å². The van der Waals surface area contributed by atoms with E-state index in [1.807, 2.05) is 6.07 Å². The van der Waals surface area contributed by atoms with Crippen LogP contribution in [0.4, 0.5) is 11.4 Å².